The van der Waals surface area contributed by atoms with E-state index in [2.05, 4.69) is 22.6 Å². The molecule has 0 bridgehead atoms. The van der Waals surface area contributed by atoms with Crippen molar-refractivity contribution in [1.29, 1.82) is 0 Å². The Bertz CT molecular complexity index is 1190. The van der Waals surface area contributed by atoms with Gasteiger partial charge in [0.1, 0.15) is 11.3 Å². The number of carbonyl (C=O) groups excluding carboxylic acids is 3. The maximum Gasteiger partial charge on any atom is 0.256 e. The molecule has 188 valence electrons. The number of Topliss-reactive ketones (excluding diaryl/α,β-unsaturated/α-hetero) is 2. The van der Waals surface area contributed by atoms with Crippen molar-refractivity contribution in [1.82, 2.24) is 4.90 Å². The first kappa shape index (κ1) is 25.8. The van der Waals surface area contributed by atoms with Gasteiger partial charge < -0.3 is 25.8 Å². The lowest BCUT2D eigenvalue weighted by Gasteiger charge is -2.55. The highest BCUT2D eigenvalue weighted by molar-refractivity contribution is 14.1. The number of nitrogens with zero attached hydrogens (tertiary/aromatic N) is 1. The summed E-state index contributed by atoms with van der Waals surface area (Å²) in [5.41, 5.74) is 1.25. The van der Waals surface area contributed by atoms with Gasteiger partial charge in [0.15, 0.2) is 22.9 Å². The number of likely N-dealkylation sites (N-methyl/N-ethyl adjacent to an activating group) is 1. The van der Waals surface area contributed by atoms with Crippen molar-refractivity contribution in [3.63, 3.8) is 0 Å². The molecule has 0 saturated carbocycles. The molecule has 1 amide bonds. The highest BCUT2D eigenvalue weighted by Gasteiger charge is 2.69. The molecule has 35 heavy (non-hydrogen) atoms. The zero-order valence-electron chi connectivity index (χ0n) is 19.8. The van der Waals surface area contributed by atoms with Gasteiger partial charge in [0.05, 0.1) is 5.92 Å². The quantitative estimate of drug-likeness (QED) is 0.169. The Morgan fingerprint density at radius 1 is 1.26 bits per heavy atom. The van der Waals surface area contributed by atoms with Gasteiger partial charge in [-0.05, 0) is 73.5 Å². The fourth-order valence-electron chi connectivity index (χ4n) is 5.76. The average Bonchev–Trinajstić information content (AvgIpc) is 2.79. The number of halogens is 1. The number of allylic oxidation sites excluding steroid dienone is 1. The summed E-state index contributed by atoms with van der Waals surface area (Å²) in [7, 11) is 3.16. The number of rotatable bonds is 6. The summed E-state index contributed by atoms with van der Waals surface area (Å²) >= 11 is 2.15. The minimum atomic E-state index is -2.69. The summed E-state index contributed by atoms with van der Waals surface area (Å²) in [5, 5.41) is 34.6. The minimum absolute atomic E-state index is 0.0399. The van der Waals surface area contributed by atoms with E-state index in [1.807, 2.05) is 13.0 Å². The number of benzene rings is 1. The number of aliphatic hydroxyl groups excluding tert-OH is 2. The number of primary amides is 1. The molecule has 1 aromatic rings. The second-order valence-electron chi connectivity index (χ2n) is 9.52. The van der Waals surface area contributed by atoms with Crippen molar-refractivity contribution < 1.29 is 34.4 Å². The Kier molecular flexibility index (Phi) is 6.62. The van der Waals surface area contributed by atoms with Gasteiger partial charge in [0, 0.05) is 21.3 Å². The van der Waals surface area contributed by atoms with E-state index in [1.165, 1.54) is 4.90 Å². The van der Waals surface area contributed by atoms with Gasteiger partial charge in [-0.2, -0.15) is 0 Å². The molecule has 4 unspecified atom stereocenters. The van der Waals surface area contributed by atoms with Crippen LogP contribution in [-0.2, 0) is 20.7 Å². The Morgan fingerprint density at radius 3 is 2.54 bits per heavy atom. The molecule has 4 atom stereocenters. The summed E-state index contributed by atoms with van der Waals surface area (Å²) in [5.74, 6) is -6.25. The van der Waals surface area contributed by atoms with E-state index >= 15 is 0 Å². The number of nitrogens with two attached hydrogens (primary N) is 1. The molecule has 0 heterocycles. The molecule has 9 nitrogen and oxygen atoms in total. The highest BCUT2D eigenvalue weighted by atomic mass is 127. The van der Waals surface area contributed by atoms with Crippen molar-refractivity contribution in [2.45, 2.75) is 43.9 Å². The number of unbranched alkanes of at least 4 members (excludes halogenated alkanes) is 1. The molecule has 3 aliphatic carbocycles. The molecule has 0 fully saturated rings. The highest BCUT2D eigenvalue weighted by Crippen LogP contribution is 2.55. The van der Waals surface area contributed by atoms with Gasteiger partial charge in [-0.1, -0.05) is 25.5 Å². The van der Waals surface area contributed by atoms with Crippen LogP contribution in [-0.4, -0.2) is 69.7 Å². The van der Waals surface area contributed by atoms with E-state index in [0.717, 1.165) is 15.6 Å². The fourth-order valence-corrected chi connectivity index (χ4v) is 6.48. The molecule has 0 spiro atoms. The third-order valence-corrected chi connectivity index (χ3v) is 8.47. The van der Waals surface area contributed by atoms with Gasteiger partial charge in [-0.15, -0.1) is 0 Å². The molecule has 4 rings (SSSR count). The van der Waals surface area contributed by atoms with Crippen LogP contribution in [0.25, 0.3) is 0 Å². The van der Waals surface area contributed by atoms with Crippen LogP contribution in [0, 0.1) is 15.4 Å². The van der Waals surface area contributed by atoms with E-state index < -0.39 is 57.7 Å². The van der Waals surface area contributed by atoms with Crippen LogP contribution in [0.1, 0.15) is 42.1 Å². The number of fused-ring (bicyclic) bond motifs is 3. The van der Waals surface area contributed by atoms with E-state index in [1.54, 1.807) is 26.2 Å². The van der Waals surface area contributed by atoms with Crippen molar-refractivity contribution >= 4 is 40.1 Å². The topological polar surface area (TPSA) is 150 Å². The maximum atomic E-state index is 13.5. The van der Waals surface area contributed by atoms with Crippen LogP contribution in [0.5, 0.6) is 0 Å². The van der Waals surface area contributed by atoms with E-state index in [9.17, 15) is 29.7 Å². The second-order valence-corrected chi connectivity index (χ2v) is 10.7. The maximum absolute atomic E-state index is 13.5. The number of hydrogen-bond donors (Lipinski definition) is 4. The number of ether oxygens (including phenoxy) is 1. The number of carbonyl (C=O) groups is 3. The molecular formula is C25H29IN2O7. The van der Waals surface area contributed by atoms with Crippen LogP contribution < -0.4 is 5.73 Å². The smallest absolute Gasteiger partial charge is 0.256 e. The average molecular weight is 596 g/mol. The number of amides is 1. The zero-order chi connectivity index (χ0) is 25.9. The summed E-state index contributed by atoms with van der Waals surface area (Å²) in [6.45, 7) is 2.10. The van der Waals surface area contributed by atoms with E-state index in [-0.39, 0.29) is 18.6 Å². The van der Waals surface area contributed by atoms with Crippen molar-refractivity contribution in [2.75, 3.05) is 20.7 Å². The van der Waals surface area contributed by atoms with E-state index in [0.29, 0.717) is 18.4 Å². The predicted octanol–water partition coefficient (Wildman–Crippen LogP) is 2.16. The van der Waals surface area contributed by atoms with Crippen LogP contribution in [0.3, 0.4) is 0 Å². The normalized spacial score (nSPS) is 30.3. The Hall–Kier alpha value is -2.28. The van der Waals surface area contributed by atoms with Crippen LogP contribution in [0.2, 0.25) is 0 Å². The first-order chi connectivity index (χ1) is 16.4. The summed E-state index contributed by atoms with van der Waals surface area (Å²) in [4.78, 5) is 40.8. The number of ketones is 2. The second kappa shape index (κ2) is 8.99. The van der Waals surface area contributed by atoms with Gasteiger partial charge >= 0.3 is 0 Å². The van der Waals surface area contributed by atoms with E-state index in [4.69, 9.17) is 10.5 Å². The first-order valence-corrected chi connectivity index (χ1v) is 12.6. The van der Waals surface area contributed by atoms with Gasteiger partial charge in [-0.25, -0.2) is 0 Å². The summed E-state index contributed by atoms with van der Waals surface area (Å²) < 4.78 is 7.07. The van der Waals surface area contributed by atoms with Crippen LogP contribution in [0.15, 0.2) is 40.9 Å². The molecule has 0 radical (unpaired) electrons. The lowest BCUT2D eigenvalue weighted by Crippen LogP contribution is -2.70. The monoisotopic (exact) mass is 596 g/mol. The van der Waals surface area contributed by atoms with Gasteiger partial charge in [0.2, 0.25) is 5.78 Å². The SMILES string of the molecule is CCCCOC1(N(C)C)C(O)=C(C(N)=O)C(=O)C2(O)C(O)=C3C(=O)c4cccc(I)c4CC3CC21. The van der Waals surface area contributed by atoms with Gasteiger partial charge in [-0.3, -0.25) is 19.3 Å². The zero-order valence-corrected chi connectivity index (χ0v) is 22.0. The summed E-state index contributed by atoms with van der Waals surface area (Å²) in [6, 6.07) is 5.26. The van der Waals surface area contributed by atoms with Crippen molar-refractivity contribution in [2.24, 2.45) is 17.6 Å². The van der Waals surface area contributed by atoms with Gasteiger partial charge in [0.25, 0.3) is 5.91 Å². The molecule has 5 N–H and O–H groups in total. The third-order valence-electron chi connectivity index (χ3n) is 7.46. The minimum Gasteiger partial charge on any atom is -0.508 e. The molecule has 0 saturated heterocycles. The van der Waals surface area contributed by atoms with Crippen LogP contribution >= 0.6 is 22.6 Å². The lowest BCUT2D eigenvalue weighted by atomic mass is 9.57. The summed E-state index contributed by atoms with van der Waals surface area (Å²) in [6.07, 6.45) is 1.81. The largest absolute Gasteiger partial charge is 0.508 e. The fraction of sp³-hybridized carbons (Fsp3) is 0.480. The molecule has 1 aromatic carbocycles. The first-order valence-electron chi connectivity index (χ1n) is 11.5. The number of hydrogen-bond acceptors (Lipinski definition) is 8. The molecule has 0 aromatic heterocycles. The Morgan fingerprint density at radius 2 is 1.94 bits per heavy atom. The Labute approximate surface area is 216 Å². The van der Waals surface area contributed by atoms with Crippen molar-refractivity contribution in [3.05, 3.63) is 55.6 Å². The lowest BCUT2D eigenvalue weighted by molar-refractivity contribution is -0.224. The molecule has 10 heteroatoms. The predicted molar refractivity (Wildman–Crippen MR) is 135 cm³/mol. The van der Waals surface area contributed by atoms with Crippen LogP contribution in [0.4, 0.5) is 0 Å². The molecule has 0 aliphatic heterocycles. The van der Waals surface area contributed by atoms with Crippen molar-refractivity contribution in [3.8, 4) is 0 Å². The standard InChI is InChI=1S/C25H29IN2O7/c1-4-5-9-35-25(28(2)3)16-11-12-10-14-13(7-6-8-15(14)26)19(29)17(12)20(30)24(16,34)21(31)18(22(25)32)23(27)33/h6-8,12,16,30,32,34H,4-5,9-11H2,1-3H3,(H2,27,33). The Balaban J connectivity index is 2.00. The molecule has 3 aliphatic rings. The number of aliphatic hydroxyl groups is 3. The molecular weight excluding hydrogens is 567 g/mol. The third kappa shape index (κ3) is 3.48.